The van der Waals surface area contributed by atoms with Crippen LogP contribution in [0.2, 0.25) is 0 Å². The second-order valence-corrected chi connectivity index (χ2v) is 4.08. The topological polar surface area (TPSA) is 30.5 Å². The van der Waals surface area contributed by atoms with E-state index in [1.165, 1.54) is 7.11 Å². The minimum Gasteiger partial charge on any atom is -0.494 e. The van der Waals surface area contributed by atoms with Crippen molar-refractivity contribution in [1.82, 2.24) is 5.32 Å². The molecule has 0 saturated carbocycles. The van der Waals surface area contributed by atoms with Gasteiger partial charge in [0.25, 0.3) is 0 Å². The molecule has 1 aromatic rings. The molecule has 0 heterocycles. The zero-order chi connectivity index (χ0) is 13.5. The Labute approximate surface area is 108 Å². The Morgan fingerprint density at radius 2 is 2.00 bits per heavy atom. The van der Waals surface area contributed by atoms with Crippen molar-refractivity contribution in [3.05, 3.63) is 29.6 Å². The van der Waals surface area contributed by atoms with E-state index in [-0.39, 0.29) is 23.7 Å². The zero-order valence-corrected chi connectivity index (χ0v) is 11.5. The third kappa shape index (κ3) is 3.21. The molecule has 0 radical (unpaired) electrons. The Morgan fingerprint density at radius 1 is 1.28 bits per heavy atom. The van der Waals surface area contributed by atoms with Crippen LogP contribution >= 0.6 is 0 Å². The molecule has 2 atom stereocenters. The summed E-state index contributed by atoms with van der Waals surface area (Å²) < 4.78 is 24.7. The molecule has 0 aliphatic heterocycles. The smallest absolute Gasteiger partial charge is 0.169 e. The second-order valence-electron chi connectivity index (χ2n) is 4.08. The molecule has 0 saturated heterocycles. The average Bonchev–Trinajstić information content (AvgIpc) is 2.39. The van der Waals surface area contributed by atoms with Crippen LogP contribution in [0.1, 0.15) is 31.9 Å². The fraction of sp³-hybridized carbons (Fsp3) is 0.571. The molecule has 0 fully saturated rings. The van der Waals surface area contributed by atoms with Crippen LogP contribution in [0, 0.1) is 5.82 Å². The molecular formula is C14H22FNO2. The van der Waals surface area contributed by atoms with Crippen LogP contribution in [0.4, 0.5) is 4.39 Å². The summed E-state index contributed by atoms with van der Waals surface area (Å²) in [6.07, 6.45) is 0.747. The molecule has 1 aromatic carbocycles. The monoisotopic (exact) mass is 255 g/mol. The van der Waals surface area contributed by atoms with Crippen molar-refractivity contribution in [1.29, 1.82) is 0 Å². The van der Waals surface area contributed by atoms with E-state index in [1.54, 1.807) is 25.3 Å². The van der Waals surface area contributed by atoms with E-state index in [1.807, 2.05) is 13.8 Å². The van der Waals surface area contributed by atoms with E-state index < -0.39 is 0 Å². The Hall–Kier alpha value is -1.13. The summed E-state index contributed by atoms with van der Waals surface area (Å²) in [4.78, 5) is 0. The highest BCUT2D eigenvalue weighted by Crippen LogP contribution is 2.28. The van der Waals surface area contributed by atoms with Crippen molar-refractivity contribution in [2.24, 2.45) is 0 Å². The lowest BCUT2D eigenvalue weighted by atomic mass is 9.98. The van der Waals surface area contributed by atoms with E-state index in [0.717, 1.165) is 13.0 Å². The summed E-state index contributed by atoms with van der Waals surface area (Å²) in [5, 5.41) is 3.27. The van der Waals surface area contributed by atoms with Gasteiger partial charge in [0.05, 0.1) is 19.3 Å². The highest BCUT2D eigenvalue weighted by Gasteiger charge is 2.24. The van der Waals surface area contributed by atoms with E-state index >= 15 is 0 Å². The van der Waals surface area contributed by atoms with Gasteiger partial charge < -0.3 is 14.8 Å². The maximum Gasteiger partial charge on any atom is 0.169 e. The molecular weight excluding hydrogens is 233 g/mol. The van der Waals surface area contributed by atoms with Crippen LogP contribution in [0.15, 0.2) is 18.2 Å². The maximum atomic E-state index is 14.3. The molecule has 1 rings (SSSR count). The summed E-state index contributed by atoms with van der Waals surface area (Å²) in [7, 11) is 3.12. The van der Waals surface area contributed by atoms with E-state index in [4.69, 9.17) is 9.47 Å². The van der Waals surface area contributed by atoms with Crippen LogP contribution in [-0.4, -0.2) is 26.9 Å². The molecule has 3 nitrogen and oxygen atoms in total. The lowest BCUT2D eigenvalue weighted by molar-refractivity contribution is 0.0643. The van der Waals surface area contributed by atoms with Gasteiger partial charge in [-0.15, -0.1) is 0 Å². The molecule has 0 amide bonds. The number of nitrogens with one attached hydrogen (secondary N) is 1. The first-order valence-electron chi connectivity index (χ1n) is 6.28. The van der Waals surface area contributed by atoms with Crippen molar-refractivity contribution < 1.29 is 13.9 Å². The van der Waals surface area contributed by atoms with Crippen molar-refractivity contribution >= 4 is 0 Å². The maximum absolute atomic E-state index is 14.3. The highest BCUT2D eigenvalue weighted by atomic mass is 19.1. The fourth-order valence-electron chi connectivity index (χ4n) is 2.13. The zero-order valence-electron chi connectivity index (χ0n) is 11.5. The van der Waals surface area contributed by atoms with Gasteiger partial charge in [0.15, 0.2) is 11.6 Å². The predicted octanol–water partition coefficient (Wildman–Crippen LogP) is 2.91. The standard InChI is InChI=1S/C14H22FNO2/c1-5-11(17-3)14(16-6-2)10-8-7-9-12(18-4)13(10)15/h7-9,11,14,16H,5-6H2,1-4H3. The van der Waals surface area contributed by atoms with Crippen LogP contribution in [-0.2, 0) is 4.74 Å². The first-order valence-corrected chi connectivity index (χ1v) is 6.28. The van der Waals surface area contributed by atoms with Crippen LogP contribution in [0.5, 0.6) is 5.75 Å². The van der Waals surface area contributed by atoms with E-state index in [0.29, 0.717) is 5.56 Å². The number of halogens is 1. The summed E-state index contributed by atoms with van der Waals surface area (Å²) >= 11 is 0. The molecule has 0 spiro atoms. The van der Waals surface area contributed by atoms with Gasteiger partial charge in [-0.1, -0.05) is 26.0 Å². The van der Waals surface area contributed by atoms with E-state index in [2.05, 4.69) is 5.32 Å². The van der Waals surface area contributed by atoms with Crippen LogP contribution < -0.4 is 10.1 Å². The summed E-state index contributed by atoms with van der Waals surface area (Å²) in [5.41, 5.74) is 0.588. The molecule has 0 aliphatic carbocycles. The lowest BCUT2D eigenvalue weighted by Gasteiger charge is -2.27. The van der Waals surface area contributed by atoms with Gasteiger partial charge in [0.2, 0.25) is 0 Å². The average molecular weight is 255 g/mol. The van der Waals surface area contributed by atoms with Crippen molar-refractivity contribution in [3.8, 4) is 5.75 Å². The fourth-order valence-corrected chi connectivity index (χ4v) is 2.13. The normalized spacial score (nSPS) is 14.3. The Morgan fingerprint density at radius 3 is 2.50 bits per heavy atom. The minimum absolute atomic E-state index is 0.0634. The third-order valence-corrected chi connectivity index (χ3v) is 3.05. The molecule has 0 aromatic heterocycles. The molecule has 18 heavy (non-hydrogen) atoms. The predicted molar refractivity (Wildman–Crippen MR) is 70.5 cm³/mol. The Kier molecular flexibility index (Phi) is 6.09. The quantitative estimate of drug-likeness (QED) is 0.812. The summed E-state index contributed by atoms with van der Waals surface area (Å²) in [5.74, 6) is -0.0530. The molecule has 0 aliphatic rings. The number of hydrogen-bond donors (Lipinski definition) is 1. The first-order chi connectivity index (χ1) is 8.69. The number of benzene rings is 1. The number of rotatable bonds is 7. The SMILES string of the molecule is CCNC(c1cccc(OC)c1F)C(CC)OC. The molecule has 102 valence electrons. The van der Waals surface area contributed by atoms with Gasteiger partial charge in [-0.25, -0.2) is 4.39 Å². The number of methoxy groups -OCH3 is 2. The van der Waals surface area contributed by atoms with Crippen molar-refractivity contribution in [2.45, 2.75) is 32.4 Å². The van der Waals surface area contributed by atoms with Gasteiger partial charge in [-0.05, 0) is 19.0 Å². The Bertz CT molecular complexity index is 367. The number of likely N-dealkylation sites (N-methyl/N-ethyl adjacent to an activating group) is 1. The van der Waals surface area contributed by atoms with Gasteiger partial charge in [0, 0.05) is 12.7 Å². The first kappa shape index (κ1) is 14.9. The van der Waals surface area contributed by atoms with Gasteiger partial charge in [-0.3, -0.25) is 0 Å². The van der Waals surface area contributed by atoms with Gasteiger partial charge in [0.1, 0.15) is 0 Å². The molecule has 0 bridgehead atoms. The summed E-state index contributed by atoms with van der Waals surface area (Å²) in [6, 6.07) is 5.02. The number of ether oxygens (including phenoxy) is 2. The van der Waals surface area contributed by atoms with Crippen molar-refractivity contribution in [3.63, 3.8) is 0 Å². The molecule has 2 unspecified atom stereocenters. The van der Waals surface area contributed by atoms with Crippen LogP contribution in [0.25, 0.3) is 0 Å². The number of hydrogen-bond acceptors (Lipinski definition) is 3. The highest BCUT2D eigenvalue weighted by molar-refractivity contribution is 5.33. The van der Waals surface area contributed by atoms with E-state index in [9.17, 15) is 4.39 Å². The second kappa shape index (κ2) is 7.34. The molecule has 1 N–H and O–H groups in total. The van der Waals surface area contributed by atoms with Crippen LogP contribution in [0.3, 0.4) is 0 Å². The Balaban J connectivity index is 3.12. The summed E-state index contributed by atoms with van der Waals surface area (Å²) in [6.45, 7) is 4.77. The minimum atomic E-state index is -0.318. The third-order valence-electron chi connectivity index (χ3n) is 3.05. The van der Waals surface area contributed by atoms with Crippen molar-refractivity contribution in [2.75, 3.05) is 20.8 Å². The largest absolute Gasteiger partial charge is 0.494 e. The van der Waals surface area contributed by atoms with Gasteiger partial charge in [-0.2, -0.15) is 0 Å². The molecule has 4 heteroatoms. The van der Waals surface area contributed by atoms with Gasteiger partial charge >= 0.3 is 0 Å². The lowest BCUT2D eigenvalue weighted by Crippen LogP contribution is -2.33.